The SMILES string of the molecule is COC1(c2nc(Cl)c(I)c(C(C)C)n2)CCC(C)(C)CC1. The molecule has 0 spiro atoms. The van der Waals surface area contributed by atoms with E-state index in [1.54, 1.807) is 7.11 Å². The van der Waals surface area contributed by atoms with E-state index in [2.05, 4.69) is 55.3 Å². The molecule has 0 aliphatic heterocycles. The molecule has 3 nitrogen and oxygen atoms in total. The van der Waals surface area contributed by atoms with Gasteiger partial charge in [-0.15, -0.1) is 0 Å². The van der Waals surface area contributed by atoms with Crippen molar-refractivity contribution in [1.29, 1.82) is 0 Å². The van der Waals surface area contributed by atoms with E-state index in [1.165, 1.54) is 0 Å². The highest BCUT2D eigenvalue weighted by atomic mass is 127. The fraction of sp³-hybridized carbons (Fsp3) is 0.750. The minimum Gasteiger partial charge on any atom is -0.370 e. The highest BCUT2D eigenvalue weighted by Gasteiger charge is 2.42. The highest BCUT2D eigenvalue weighted by molar-refractivity contribution is 14.1. The minimum absolute atomic E-state index is 0.324. The zero-order valence-corrected chi connectivity index (χ0v) is 16.4. The molecule has 0 saturated heterocycles. The molecule has 1 aliphatic carbocycles. The summed E-state index contributed by atoms with van der Waals surface area (Å²) in [5.74, 6) is 1.08. The van der Waals surface area contributed by atoms with E-state index in [0.29, 0.717) is 16.5 Å². The van der Waals surface area contributed by atoms with Crippen molar-refractivity contribution in [2.24, 2.45) is 5.41 Å². The molecule has 1 aliphatic rings. The summed E-state index contributed by atoms with van der Waals surface area (Å²) in [7, 11) is 1.77. The lowest BCUT2D eigenvalue weighted by Crippen LogP contribution is -2.38. The van der Waals surface area contributed by atoms with E-state index >= 15 is 0 Å². The molecule has 2 rings (SSSR count). The van der Waals surface area contributed by atoms with Crippen LogP contribution >= 0.6 is 34.2 Å². The van der Waals surface area contributed by atoms with Crippen molar-refractivity contribution in [2.45, 2.75) is 64.9 Å². The Hall–Kier alpha value is 0.0600. The topological polar surface area (TPSA) is 35.0 Å². The van der Waals surface area contributed by atoms with Crippen molar-refractivity contribution in [2.75, 3.05) is 7.11 Å². The molecule has 21 heavy (non-hydrogen) atoms. The molecule has 5 heteroatoms. The van der Waals surface area contributed by atoms with Gasteiger partial charge in [0.05, 0.1) is 9.26 Å². The van der Waals surface area contributed by atoms with Gasteiger partial charge in [-0.25, -0.2) is 9.97 Å². The summed E-state index contributed by atoms with van der Waals surface area (Å²) in [5.41, 5.74) is 1.01. The molecule has 1 aromatic rings. The van der Waals surface area contributed by atoms with Gasteiger partial charge >= 0.3 is 0 Å². The van der Waals surface area contributed by atoms with Crippen LogP contribution in [0.3, 0.4) is 0 Å². The molecule has 0 atom stereocenters. The molecular weight excluding hydrogens is 399 g/mol. The van der Waals surface area contributed by atoms with Crippen LogP contribution in [0, 0.1) is 8.99 Å². The number of halogens is 2. The van der Waals surface area contributed by atoms with Gasteiger partial charge in [-0.3, -0.25) is 0 Å². The smallest absolute Gasteiger partial charge is 0.162 e. The van der Waals surface area contributed by atoms with Crippen molar-refractivity contribution in [3.8, 4) is 0 Å². The second kappa shape index (κ2) is 6.28. The van der Waals surface area contributed by atoms with Crippen LogP contribution < -0.4 is 0 Å². The van der Waals surface area contributed by atoms with Crippen molar-refractivity contribution >= 4 is 34.2 Å². The Morgan fingerprint density at radius 3 is 2.19 bits per heavy atom. The van der Waals surface area contributed by atoms with Gasteiger partial charge in [0.25, 0.3) is 0 Å². The predicted octanol–water partition coefficient (Wildman–Crippen LogP) is 5.30. The molecule has 1 aromatic heterocycles. The normalized spacial score (nSPS) is 20.8. The maximum atomic E-state index is 6.34. The van der Waals surface area contributed by atoms with Crippen LogP contribution in [0.15, 0.2) is 0 Å². The zero-order chi connectivity index (χ0) is 15.8. The molecule has 0 amide bonds. The van der Waals surface area contributed by atoms with Crippen LogP contribution in [-0.2, 0) is 10.3 Å². The summed E-state index contributed by atoms with van der Waals surface area (Å²) < 4.78 is 6.86. The summed E-state index contributed by atoms with van der Waals surface area (Å²) >= 11 is 8.58. The molecule has 1 saturated carbocycles. The second-order valence-electron chi connectivity index (χ2n) is 7.05. The lowest BCUT2D eigenvalue weighted by Gasteiger charge is -2.41. The Labute approximate surface area is 146 Å². The molecule has 0 radical (unpaired) electrons. The standard InChI is InChI=1S/C16H24ClIN2O/c1-10(2)12-11(18)13(17)20-14(19-12)16(21-5)8-6-15(3,4)7-9-16/h10H,6-9H2,1-5H3. The molecule has 0 bridgehead atoms. The number of ether oxygens (including phenoxy) is 1. The fourth-order valence-electron chi connectivity index (χ4n) is 2.87. The molecule has 118 valence electrons. The number of aromatic nitrogens is 2. The Bertz CT molecular complexity index is 521. The second-order valence-corrected chi connectivity index (χ2v) is 8.49. The summed E-state index contributed by atoms with van der Waals surface area (Å²) in [6, 6.07) is 0. The maximum absolute atomic E-state index is 6.34. The van der Waals surface area contributed by atoms with Crippen LogP contribution in [0.5, 0.6) is 0 Å². The molecule has 0 aromatic carbocycles. The molecule has 0 N–H and O–H groups in total. The monoisotopic (exact) mass is 422 g/mol. The van der Waals surface area contributed by atoms with Crippen molar-refractivity contribution in [3.05, 3.63) is 20.2 Å². The first-order valence-corrected chi connectivity index (χ1v) is 8.95. The molecular formula is C16H24ClIN2O. The third kappa shape index (κ3) is 3.53. The number of hydrogen-bond donors (Lipinski definition) is 0. The van der Waals surface area contributed by atoms with E-state index in [9.17, 15) is 0 Å². The summed E-state index contributed by atoms with van der Waals surface area (Å²) in [5, 5.41) is 0.547. The van der Waals surface area contributed by atoms with Crippen LogP contribution in [0.4, 0.5) is 0 Å². The van der Waals surface area contributed by atoms with Gasteiger partial charge in [-0.05, 0) is 59.6 Å². The van der Waals surface area contributed by atoms with E-state index in [1.807, 2.05) is 0 Å². The quantitative estimate of drug-likeness (QED) is 0.490. The lowest BCUT2D eigenvalue weighted by atomic mass is 9.70. The Kier molecular flexibility index (Phi) is 5.21. The summed E-state index contributed by atoms with van der Waals surface area (Å²) in [6.45, 7) is 8.89. The van der Waals surface area contributed by atoms with Crippen molar-refractivity contribution in [1.82, 2.24) is 9.97 Å². The van der Waals surface area contributed by atoms with Gasteiger partial charge in [0, 0.05) is 7.11 Å². The maximum Gasteiger partial charge on any atom is 0.162 e. The number of rotatable bonds is 3. The third-order valence-electron chi connectivity index (χ3n) is 4.59. The van der Waals surface area contributed by atoms with Crippen molar-refractivity contribution in [3.63, 3.8) is 0 Å². The molecule has 1 heterocycles. The largest absolute Gasteiger partial charge is 0.370 e. The van der Waals surface area contributed by atoms with Gasteiger partial charge in [0.1, 0.15) is 10.8 Å². The Morgan fingerprint density at radius 2 is 1.71 bits per heavy atom. The minimum atomic E-state index is -0.382. The van der Waals surface area contributed by atoms with Crippen LogP contribution in [0.2, 0.25) is 5.15 Å². The Balaban J connectivity index is 2.44. The van der Waals surface area contributed by atoms with Gasteiger partial charge in [0.2, 0.25) is 0 Å². The van der Waals surface area contributed by atoms with Gasteiger partial charge in [-0.1, -0.05) is 39.3 Å². The van der Waals surface area contributed by atoms with E-state index < -0.39 is 0 Å². The summed E-state index contributed by atoms with van der Waals surface area (Å²) in [4.78, 5) is 9.37. The highest BCUT2D eigenvalue weighted by Crippen LogP contribution is 2.46. The van der Waals surface area contributed by atoms with E-state index in [0.717, 1.165) is 40.8 Å². The lowest BCUT2D eigenvalue weighted by molar-refractivity contribution is -0.0731. The number of methoxy groups -OCH3 is 1. The average Bonchev–Trinajstić information content (AvgIpc) is 2.42. The average molecular weight is 423 g/mol. The Morgan fingerprint density at radius 1 is 1.14 bits per heavy atom. The van der Waals surface area contributed by atoms with E-state index in [-0.39, 0.29) is 5.60 Å². The van der Waals surface area contributed by atoms with Gasteiger partial charge in [-0.2, -0.15) is 0 Å². The van der Waals surface area contributed by atoms with Gasteiger partial charge in [0.15, 0.2) is 5.82 Å². The third-order valence-corrected chi connectivity index (χ3v) is 6.25. The van der Waals surface area contributed by atoms with E-state index in [4.69, 9.17) is 21.3 Å². The first-order chi connectivity index (χ1) is 9.71. The predicted molar refractivity (Wildman–Crippen MR) is 94.8 cm³/mol. The molecule has 1 fully saturated rings. The van der Waals surface area contributed by atoms with Crippen molar-refractivity contribution < 1.29 is 4.74 Å². The number of nitrogens with zero attached hydrogens (tertiary/aromatic N) is 2. The summed E-state index contributed by atoms with van der Waals surface area (Å²) in [6.07, 6.45) is 4.13. The fourth-order valence-corrected chi connectivity index (χ4v) is 3.91. The number of hydrogen-bond acceptors (Lipinski definition) is 3. The first kappa shape index (κ1) is 17.4. The van der Waals surface area contributed by atoms with Gasteiger partial charge < -0.3 is 4.74 Å². The van der Waals surface area contributed by atoms with Crippen LogP contribution in [0.25, 0.3) is 0 Å². The first-order valence-electron chi connectivity index (χ1n) is 7.49. The van der Waals surface area contributed by atoms with Crippen LogP contribution in [-0.4, -0.2) is 17.1 Å². The molecule has 0 unspecified atom stereocenters. The van der Waals surface area contributed by atoms with Crippen LogP contribution in [0.1, 0.15) is 70.8 Å². The zero-order valence-electron chi connectivity index (χ0n) is 13.5.